The Bertz CT molecular complexity index is 1160. The van der Waals surface area contributed by atoms with Crippen molar-refractivity contribution >= 4 is 15.9 Å². The molecule has 3 aromatic carbocycles. The van der Waals surface area contributed by atoms with Crippen LogP contribution in [-0.4, -0.2) is 38.8 Å². The monoisotopic (exact) mass is 447 g/mol. The largest absolute Gasteiger partial charge is 0.354 e. The summed E-state index contributed by atoms with van der Waals surface area (Å²) in [5.74, 6) is -0.400. The summed E-state index contributed by atoms with van der Waals surface area (Å²) in [7, 11) is -2.49. The highest BCUT2D eigenvalue weighted by atomic mass is 32.2. The quantitative estimate of drug-likeness (QED) is 0.574. The van der Waals surface area contributed by atoms with Gasteiger partial charge in [0, 0.05) is 19.0 Å². The van der Waals surface area contributed by atoms with Crippen LogP contribution < -0.4 is 5.32 Å². The van der Waals surface area contributed by atoms with E-state index in [9.17, 15) is 13.2 Å². The smallest absolute Gasteiger partial charge is 0.243 e. The molecule has 0 fully saturated rings. The van der Waals surface area contributed by atoms with E-state index in [-0.39, 0.29) is 11.4 Å². The number of sulfonamides is 1. The Balaban J connectivity index is 1.73. The molecule has 0 aliphatic heterocycles. The Morgan fingerprint density at radius 3 is 1.91 bits per heavy atom. The van der Waals surface area contributed by atoms with Gasteiger partial charge in [0.05, 0.1) is 23.1 Å². The second-order valence-electron chi connectivity index (χ2n) is 7.74. The van der Waals surface area contributed by atoms with Gasteiger partial charge in [-0.3, -0.25) is 4.79 Å². The van der Waals surface area contributed by atoms with Crippen molar-refractivity contribution in [1.82, 2.24) is 9.62 Å². The fourth-order valence-corrected chi connectivity index (χ4v) is 4.61. The van der Waals surface area contributed by atoms with Gasteiger partial charge in [-0.1, -0.05) is 60.7 Å². The Kier molecular flexibility index (Phi) is 7.08. The lowest BCUT2D eigenvalue weighted by atomic mass is 9.76. The second kappa shape index (κ2) is 9.77. The number of benzene rings is 3. The van der Waals surface area contributed by atoms with E-state index >= 15 is 0 Å². The van der Waals surface area contributed by atoms with Crippen molar-refractivity contribution < 1.29 is 13.2 Å². The van der Waals surface area contributed by atoms with Gasteiger partial charge in [-0.05, 0) is 42.3 Å². The molecule has 0 spiro atoms. The van der Waals surface area contributed by atoms with E-state index in [1.54, 1.807) is 0 Å². The van der Waals surface area contributed by atoms with Crippen molar-refractivity contribution in [1.29, 1.82) is 5.26 Å². The third-order valence-electron chi connectivity index (χ3n) is 5.52. The molecule has 0 heterocycles. The van der Waals surface area contributed by atoms with Crippen molar-refractivity contribution in [2.24, 2.45) is 0 Å². The van der Waals surface area contributed by atoms with Crippen molar-refractivity contribution in [3.63, 3.8) is 0 Å². The molecule has 3 aromatic rings. The second-order valence-corrected chi connectivity index (χ2v) is 9.78. The molecule has 7 heteroatoms. The molecule has 6 nitrogen and oxygen atoms in total. The van der Waals surface area contributed by atoms with Crippen molar-refractivity contribution in [3.8, 4) is 6.07 Å². The first-order valence-corrected chi connectivity index (χ1v) is 11.6. The summed E-state index contributed by atoms with van der Waals surface area (Å²) in [5.41, 5.74) is 1.98. The number of carbonyl (C=O) groups excluding carboxylic acids is 1. The average Bonchev–Trinajstić information content (AvgIpc) is 2.83. The third-order valence-corrected chi connectivity index (χ3v) is 7.34. The van der Waals surface area contributed by atoms with Gasteiger partial charge in [0.15, 0.2) is 0 Å². The van der Waals surface area contributed by atoms with E-state index < -0.39 is 21.3 Å². The highest BCUT2D eigenvalue weighted by Crippen LogP contribution is 2.31. The van der Waals surface area contributed by atoms with Crippen LogP contribution in [0, 0.1) is 11.3 Å². The zero-order valence-electron chi connectivity index (χ0n) is 18.0. The molecule has 0 radical (unpaired) electrons. The number of nitrogens with one attached hydrogen (secondary N) is 1. The summed E-state index contributed by atoms with van der Waals surface area (Å²) in [5, 5.41) is 11.8. The molecule has 0 saturated carbocycles. The molecule has 3 rings (SSSR count). The Morgan fingerprint density at radius 1 is 0.938 bits per heavy atom. The number of carbonyl (C=O) groups is 1. The standard InChI is InChI=1S/C25H25N3O3S/c1-25(21-9-5-3-6-10-21,22-11-7-4-8-12-22)19-27-24(29)18-28(2)32(30,31)23-15-13-20(17-26)14-16-23/h3-16H,18-19H2,1-2H3,(H,27,29). The highest BCUT2D eigenvalue weighted by molar-refractivity contribution is 7.89. The summed E-state index contributed by atoms with van der Waals surface area (Å²) >= 11 is 0. The van der Waals surface area contributed by atoms with Gasteiger partial charge in [0.1, 0.15) is 0 Å². The molecule has 0 atom stereocenters. The first-order valence-electron chi connectivity index (χ1n) is 10.1. The number of hydrogen-bond acceptors (Lipinski definition) is 4. The highest BCUT2D eigenvalue weighted by Gasteiger charge is 2.30. The third kappa shape index (κ3) is 5.05. The lowest BCUT2D eigenvalue weighted by Gasteiger charge is -2.31. The first kappa shape index (κ1) is 23.2. The summed E-state index contributed by atoms with van der Waals surface area (Å²) in [6.07, 6.45) is 0. The normalized spacial score (nSPS) is 11.7. The van der Waals surface area contributed by atoms with E-state index in [0.717, 1.165) is 15.4 Å². The lowest BCUT2D eigenvalue weighted by Crippen LogP contribution is -2.44. The van der Waals surface area contributed by atoms with Crippen molar-refractivity contribution in [2.45, 2.75) is 17.2 Å². The number of hydrogen-bond donors (Lipinski definition) is 1. The van der Waals surface area contributed by atoms with E-state index in [1.807, 2.05) is 66.7 Å². The molecule has 1 amide bonds. The summed E-state index contributed by atoms with van der Waals surface area (Å²) in [6.45, 7) is 2.04. The van der Waals surface area contributed by atoms with Gasteiger partial charge in [0.25, 0.3) is 0 Å². The van der Waals surface area contributed by atoms with Crippen LogP contribution in [0.25, 0.3) is 0 Å². The molecule has 0 bridgehead atoms. The predicted octanol–water partition coefficient (Wildman–Crippen LogP) is 3.30. The van der Waals surface area contributed by atoms with Gasteiger partial charge in [-0.15, -0.1) is 0 Å². The number of nitriles is 1. The van der Waals surface area contributed by atoms with Gasteiger partial charge in [-0.2, -0.15) is 9.57 Å². The summed E-state index contributed by atoms with van der Waals surface area (Å²) in [6, 6.07) is 27.3. The molecule has 0 saturated heterocycles. The van der Waals surface area contributed by atoms with Crippen LogP contribution in [0.15, 0.2) is 89.8 Å². The molecule has 0 unspecified atom stereocenters. The fourth-order valence-electron chi connectivity index (χ4n) is 3.48. The molecular formula is C25H25N3O3S. The van der Waals surface area contributed by atoms with E-state index in [2.05, 4.69) is 12.2 Å². The average molecular weight is 448 g/mol. The summed E-state index contributed by atoms with van der Waals surface area (Å²) < 4.78 is 26.6. The maximum absolute atomic E-state index is 12.8. The zero-order chi connectivity index (χ0) is 23.2. The van der Waals surface area contributed by atoms with Crippen LogP contribution in [0.1, 0.15) is 23.6 Å². The molecule has 0 aromatic heterocycles. The minimum Gasteiger partial charge on any atom is -0.354 e. The minimum atomic E-state index is -3.85. The Morgan fingerprint density at radius 2 is 1.44 bits per heavy atom. The van der Waals surface area contributed by atoms with Crippen molar-refractivity contribution in [2.75, 3.05) is 20.1 Å². The van der Waals surface area contributed by atoms with E-state index in [0.29, 0.717) is 12.1 Å². The maximum atomic E-state index is 12.8. The van der Waals surface area contributed by atoms with Crippen LogP contribution in [0.2, 0.25) is 0 Å². The predicted molar refractivity (Wildman–Crippen MR) is 123 cm³/mol. The zero-order valence-corrected chi connectivity index (χ0v) is 18.8. The van der Waals surface area contributed by atoms with Crippen molar-refractivity contribution in [3.05, 3.63) is 102 Å². The van der Waals surface area contributed by atoms with Crippen LogP contribution in [0.4, 0.5) is 0 Å². The Labute approximate surface area is 189 Å². The van der Waals surface area contributed by atoms with Gasteiger partial charge >= 0.3 is 0 Å². The molecule has 0 aliphatic rings. The lowest BCUT2D eigenvalue weighted by molar-refractivity contribution is -0.121. The number of amides is 1. The number of rotatable bonds is 8. The van der Waals surface area contributed by atoms with Crippen LogP contribution in [-0.2, 0) is 20.2 Å². The summed E-state index contributed by atoms with van der Waals surface area (Å²) in [4.78, 5) is 12.7. The molecule has 0 aliphatic carbocycles. The maximum Gasteiger partial charge on any atom is 0.243 e. The molecule has 32 heavy (non-hydrogen) atoms. The Hall–Kier alpha value is -3.47. The van der Waals surface area contributed by atoms with Crippen LogP contribution in [0.5, 0.6) is 0 Å². The molecular weight excluding hydrogens is 422 g/mol. The number of likely N-dealkylation sites (N-methyl/N-ethyl adjacent to an activating group) is 1. The number of nitrogens with zero attached hydrogens (tertiary/aromatic N) is 2. The van der Waals surface area contributed by atoms with E-state index in [4.69, 9.17) is 5.26 Å². The fraction of sp³-hybridized carbons (Fsp3) is 0.200. The van der Waals surface area contributed by atoms with E-state index in [1.165, 1.54) is 31.3 Å². The first-order chi connectivity index (χ1) is 15.3. The van der Waals surface area contributed by atoms with Crippen LogP contribution >= 0.6 is 0 Å². The van der Waals surface area contributed by atoms with Crippen LogP contribution in [0.3, 0.4) is 0 Å². The van der Waals surface area contributed by atoms with Gasteiger partial charge in [-0.25, -0.2) is 8.42 Å². The van der Waals surface area contributed by atoms with Gasteiger partial charge < -0.3 is 5.32 Å². The molecule has 1 N–H and O–H groups in total. The minimum absolute atomic E-state index is 0.0326. The SMILES string of the molecule is CN(CC(=O)NCC(C)(c1ccccc1)c1ccccc1)S(=O)(=O)c1ccc(C#N)cc1. The van der Waals surface area contributed by atoms with Gasteiger partial charge in [0.2, 0.25) is 15.9 Å². The topological polar surface area (TPSA) is 90.3 Å². The molecule has 164 valence electrons.